The van der Waals surface area contributed by atoms with Crippen LogP contribution in [0, 0.1) is 0 Å². The summed E-state index contributed by atoms with van der Waals surface area (Å²) in [5.74, 6) is 1.25. The number of ether oxygens (including phenoxy) is 1. The van der Waals surface area contributed by atoms with Gasteiger partial charge in [0, 0.05) is 11.8 Å². The molecule has 102 valence electrons. The molecule has 0 saturated heterocycles. The van der Waals surface area contributed by atoms with Crippen molar-refractivity contribution in [3.63, 3.8) is 0 Å². The van der Waals surface area contributed by atoms with E-state index >= 15 is 0 Å². The third-order valence-corrected chi connectivity index (χ3v) is 2.92. The summed E-state index contributed by atoms with van der Waals surface area (Å²) in [5.41, 5.74) is 0.722. The summed E-state index contributed by atoms with van der Waals surface area (Å²) in [5, 5.41) is 3.98. The van der Waals surface area contributed by atoms with E-state index in [0.717, 1.165) is 29.7 Å². The summed E-state index contributed by atoms with van der Waals surface area (Å²) in [6, 6.07) is 7.40. The Bertz CT molecular complexity index is 560. The largest absolute Gasteiger partial charge is 0.494 e. The fourth-order valence-electron chi connectivity index (χ4n) is 1.86. The van der Waals surface area contributed by atoms with E-state index in [9.17, 15) is 4.79 Å². The minimum atomic E-state index is 0.0210. The molecule has 0 atom stereocenters. The molecule has 0 fully saturated rings. The van der Waals surface area contributed by atoms with E-state index in [0.29, 0.717) is 18.8 Å². The number of fused-ring (bicyclic) bond motifs is 1. The van der Waals surface area contributed by atoms with Crippen LogP contribution in [0.1, 0.15) is 30.3 Å². The molecule has 1 aromatic carbocycles. The molecule has 1 aromatic heterocycles. The molecule has 2 aromatic rings. The van der Waals surface area contributed by atoms with Crippen molar-refractivity contribution < 1.29 is 13.9 Å². The number of hydrogen-bond donors (Lipinski definition) is 1. The molecule has 0 unspecified atom stereocenters. The summed E-state index contributed by atoms with van der Waals surface area (Å²) in [7, 11) is 1.92. The van der Waals surface area contributed by atoms with Crippen molar-refractivity contribution in [2.24, 2.45) is 0 Å². The highest BCUT2D eigenvalue weighted by molar-refractivity contribution is 5.97. The van der Waals surface area contributed by atoms with Crippen molar-refractivity contribution in [2.75, 3.05) is 20.2 Å². The highest BCUT2D eigenvalue weighted by Gasteiger charge is 2.10. The van der Waals surface area contributed by atoms with Crippen LogP contribution >= 0.6 is 0 Å². The zero-order chi connectivity index (χ0) is 13.7. The number of carbonyl (C=O) groups excluding carboxylic acids is 1. The van der Waals surface area contributed by atoms with Crippen LogP contribution in [0.4, 0.5) is 0 Å². The van der Waals surface area contributed by atoms with Crippen molar-refractivity contribution in [1.82, 2.24) is 5.32 Å². The fraction of sp³-hybridized carbons (Fsp3) is 0.400. The minimum Gasteiger partial charge on any atom is -0.494 e. The summed E-state index contributed by atoms with van der Waals surface area (Å²) in [6.45, 7) is 3.43. The van der Waals surface area contributed by atoms with Gasteiger partial charge in [0.1, 0.15) is 11.3 Å². The number of rotatable bonds is 7. The molecule has 0 bridgehead atoms. The Kier molecular flexibility index (Phi) is 4.58. The zero-order valence-corrected chi connectivity index (χ0v) is 11.4. The molecule has 0 spiro atoms. The molecule has 4 nitrogen and oxygen atoms in total. The maximum Gasteiger partial charge on any atom is 0.197 e. The van der Waals surface area contributed by atoms with Gasteiger partial charge in [0.2, 0.25) is 0 Å². The molecule has 0 aliphatic carbocycles. The van der Waals surface area contributed by atoms with Crippen LogP contribution in [0.3, 0.4) is 0 Å². The molecule has 0 aliphatic heterocycles. The lowest BCUT2D eigenvalue weighted by molar-refractivity contribution is 0.0963. The lowest BCUT2D eigenvalue weighted by Crippen LogP contribution is -2.11. The number of ketones is 1. The van der Waals surface area contributed by atoms with Crippen LogP contribution in [-0.4, -0.2) is 26.0 Å². The third kappa shape index (κ3) is 3.35. The van der Waals surface area contributed by atoms with Gasteiger partial charge in [-0.15, -0.1) is 0 Å². The van der Waals surface area contributed by atoms with E-state index in [1.54, 1.807) is 6.07 Å². The van der Waals surface area contributed by atoms with E-state index in [-0.39, 0.29) is 5.78 Å². The van der Waals surface area contributed by atoms with E-state index in [1.165, 1.54) is 0 Å². The lowest BCUT2D eigenvalue weighted by atomic mass is 10.2. The Morgan fingerprint density at radius 2 is 2.21 bits per heavy atom. The number of furan rings is 1. The van der Waals surface area contributed by atoms with Gasteiger partial charge in [-0.1, -0.05) is 6.92 Å². The molecule has 4 heteroatoms. The van der Waals surface area contributed by atoms with Crippen LogP contribution < -0.4 is 10.1 Å². The monoisotopic (exact) mass is 261 g/mol. The molecule has 19 heavy (non-hydrogen) atoms. The average Bonchev–Trinajstić information content (AvgIpc) is 2.85. The molecular formula is C15H19NO3. The van der Waals surface area contributed by atoms with Gasteiger partial charge in [-0.3, -0.25) is 4.79 Å². The quantitative estimate of drug-likeness (QED) is 0.615. The van der Waals surface area contributed by atoms with Crippen LogP contribution in [0.5, 0.6) is 5.75 Å². The van der Waals surface area contributed by atoms with E-state index in [1.807, 2.05) is 32.2 Å². The standard InChI is InChI=1S/C15H19NO3/c1-3-13(17)15-10-11-9-12(5-6-14(11)19-15)18-8-4-7-16-2/h5-6,9-10,16H,3-4,7-8H2,1-2H3. The van der Waals surface area contributed by atoms with Crippen LogP contribution in [-0.2, 0) is 0 Å². The van der Waals surface area contributed by atoms with Crippen molar-refractivity contribution in [3.05, 3.63) is 30.0 Å². The van der Waals surface area contributed by atoms with Crippen molar-refractivity contribution in [3.8, 4) is 5.75 Å². The summed E-state index contributed by atoms with van der Waals surface area (Å²) in [6.07, 6.45) is 1.41. The Labute approximate surface area is 112 Å². The van der Waals surface area contributed by atoms with Crippen LogP contribution in [0.15, 0.2) is 28.7 Å². The van der Waals surface area contributed by atoms with E-state index < -0.39 is 0 Å². The molecule has 0 radical (unpaired) electrons. The van der Waals surface area contributed by atoms with Crippen molar-refractivity contribution in [1.29, 1.82) is 0 Å². The Hall–Kier alpha value is -1.81. The minimum absolute atomic E-state index is 0.0210. The lowest BCUT2D eigenvalue weighted by Gasteiger charge is -2.05. The zero-order valence-electron chi connectivity index (χ0n) is 11.4. The second-order valence-corrected chi connectivity index (χ2v) is 4.39. The van der Waals surface area contributed by atoms with Gasteiger partial charge in [0.05, 0.1) is 6.61 Å². The number of Topliss-reactive ketones (excluding diaryl/α,β-unsaturated/α-hetero) is 1. The first kappa shape index (κ1) is 13.6. The highest BCUT2D eigenvalue weighted by atomic mass is 16.5. The van der Waals surface area contributed by atoms with Crippen molar-refractivity contribution in [2.45, 2.75) is 19.8 Å². The smallest absolute Gasteiger partial charge is 0.197 e. The molecule has 0 saturated carbocycles. The molecule has 0 aliphatic rings. The van der Waals surface area contributed by atoms with E-state index in [4.69, 9.17) is 9.15 Å². The maximum absolute atomic E-state index is 11.6. The Morgan fingerprint density at radius 1 is 1.37 bits per heavy atom. The molecule has 1 N–H and O–H groups in total. The second-order valence-electron chi connectivity index (χ2n) is 4.39. The first-order chi connectivity index (χ1) is 9.24. The molecule has 0 amide bonds. The van der Waals surface area contributed by atoms with E-state index in [2.05, 4.69) is 5.32 Å². The van der Waals surface area contributed by atoms with Crippen molar-refractivity contribution >= 4 is 16.8 Å². The predicted octanol–water partition coefficient (Wildman–Crippen LogP) is 3.01. The SMILES string of the molecule is CCC(=O)c1cc2cc(OCCCNC)ccc2o1. The number of carbonyl (C=O) groups is 1. The number of nitrogens with one attached hydrogen (secondary N) is 1. The second kappa shape index (κ2) is 6.38. The molecule has 2 rings (SSSR count). The summed E-state index contributed by atoms with van der Waals surface area (Å²) < 4.78 is 11.1. The van der Waals surface area contributed by atoms with Crippen LogP contribution in [0.25, 0.3) is 11.0 Å². The number of hydrogen-bond acceptors (Lipinski definition) is 4. The maximum atomic E-state index is 11.6. The summed E-state index contributed by atoms with van der Waals surface area (Å²) in [4.78, 5) is 11.6. The summed E-state index contributed by atoms with van der Waals surface area (Å²) >= 11 is 0. The van der Waals surface area contributed by atoms with Gasteiger partial charge in [-0.25, -0.2) is 0 Å². The van der Waals surface area contributed by atoms with Gasteiger partial charge >= 0.3 is 0 Å². The first-order valence-electron chi connectivity index (χ1n) is 6.58. The van der Waals surface area contributed by atoms with Gasteiger partial charge in [-0.2, -0.15) is 0 Å². The van der Waals surface area contributed by atoms with Gasteiger partial charge in [0.25, 0.3) is 0 Å². The predicted molar refractivity (Wildman–Crippen MR) is 74.9 cm³/mol. The molecular weight excluding hydrogens is 242 g/mol. The van der Waals surface area contributed by atoms with Gasteiger partial charge < -0.3 is 14.5 Å². The molecule has 1 heterocycles. The first-order valence-corrected chi connectivity index (χ1v) is 6.58. The average molecular weight is 261 g/mol. The fourth-order valence-corrected chi connectivity index (χ4v) is 1.86. The Balaban J connectivity index is 2.09. The number of benzene rings is 1. The van der Waals surface area contributed by atoms with Gasteiger partial charge in [-0.05, 0) is 44.3 Å². The van der Waals surface area contributed by atoms with Crippen LogP contribution in [0.2, 0.25) is 0 Å². The topological polar surface area (TPSA) is 51.5 Å². The van der Waals surface area contributed by atoms with Gasteiger partial charge in [0.15, 0.2) is 11.5 Å². The Morgan fingerprint density at radius 3 is 2.95 bits per heavy atom. The highest BCUT2D eigenvalue weighted by Crippen LogP contribution is 2.25. The normalized spacial score (nSPS) is 10.8. The third-order valence-electron chi connectivity index (χ3n) is 2.92.